The standard InChI is InChI=1S/C33H34F3NO3.C2H6/c1-6-8-29(24-10-12-32(26(18-24)20-37)40-27-13-15-39-16-14-27)23(5)21(3)17-22(4)28-11-9-25(31(38)7-2)19-30(28)33(34,35)36;1-2/h6,8-12,17-19,27H,1,7,13-16H2,2-5H3;1-2H3/b22-17+,23-21+,29-8+;. The summed E-state index contributed by atoms with van der Waals surface area (Å²) in [5.74, 6) is 0.167. The largest absolute Gasteiger partial charge is 0.489 e. The molecule has 0 N–H and O–H groups in total. The molecule has 0 saturated carbocycles. The summed E-state index contributed by atoms with van der Waals surface area (Å²) in [6.45, 7) is 16.0. The number of ether oxygens (including phenoxy) is 2. The Morgan fingerprint density at radius 2 is 1.74 bits per heavy atom. The Kier molecular flexibility index (Phi) is 13.0. The van der Waals surface area contributed by atoms with Crippen molar-refractivity contribution in [3.63, 3.8) is 0 Å². The number of carbonyl (C=O) groups excluding carboxylic acids is 1. The van der Waals surface area contributed by atoms with Gasteiger partial charge in [-0.2, -0.15) is 18.4 Å². The highest BCUT2D eigenvalue weighted by atomic mass is 19.4. The zero-order chi connectivity index (χ0) is 31.4. The summed E-state index contributed by atoms with van der Waals surface area (Å²) in [5.41, 5.74) is 3.13. The van der Waals surface area contributed by atoms with Gasteiger partial charge in [0, 0.05) is 24.8 Å². The molecule has 224 valence electrons. The van der Waals surface area contributed by atoms with Crippen molar-refractivity contribution < 1.29 is 27.4 Å². The zero-order valence-electron chi connectivity index (χ0n) is 25.3. The van der Waals surface area contributed by atoms with E-state index in [-0.39, 0.29) is 29.4 Å². The van der Waals surface area contributed by atoms with Gasteiger partial charge in [-0.25, -0.2) is 0 Å². The van der Waals surface area contributed by atoms with Gasteiger partial charge in [0.15, 0.2) is 5.78 Å². The molecule has 1 aliphatic heterocycles. The van der Waals surface area contributed by atoms with Crippen LogP contribution in [0.3, 0.4) is 0 Å². The first-order valence-corrected chi connectivity index (χ1v) is 14.2. The molecule has 4 nitrogen and oxygen atoms in total. The lowest BCUT2D eigenvalue weighted by molar-refractivity contribution is -0.137. The lowest BCUT2D eigenvalue weighted by Crippen LogP contribution is -2.26. The van der Waals surface area contributed by atoms with Crippen molar-refractivity contribution >= 4 is 16.9 Å². The summed E-state index contributed by atoms with van der Waals surface area (Å²) in [7, 11) is 0. The Labute approximate surface area is 247 Å². The van der Waals surface area contributed by atoms with Crippen molar-refractivity contribution in [2.75, 3.05) is 13.2 Å². The van der Waals surface area contributed by atoms with Gasteiger partial charge >= 0.3 is 6.18 Å². The fraction of sp³-hybridized carbons (Fsp3) is 0.371. The first-order valence-electron chi connectivity index (χ1n) is 14.2. The molecule has 0 aliphatic carbocycles. The second-order valence-electron chi connectivity index (χ2n) is 9.74. The fourth-order valence-corrected chi connectivity index (χ4v) is 4.64. The molecule has 0 spiro atoms. The molecular weight excluding hydrogens is 539 g/mol. The number of alkyl halides is 3. The van der Waals surface area contributed by atoms with Gasteiger partial charge in [0.05, 0.1) is 24.3 Å². The van der Waals surface area contributed by atoms with Gasteiger partial charge in [-0.3, -0.25) is 4.79 Å². The Morgan fingerprint density at radius 1 is 1.10 bits per heavy atom. The summed E-state index contributed by atoms with van der Waals surface area (Å²) >= 11 is 0. The topological polar surface area (TPSA) is 59.3 Å². The molecule has 7 heteroatoms. The van der Waals surface area contributed by atoms with Crippen molar-refractivity contribution in [3.8, 4) is 11.8 Å². The number of nitriles is 1. The molecule has 1 aliphatic rings. The number of nitrogens with zero attached hydrogens (tertiary/aromatic N) is 1. The van der Waals surface area contributed by atoms with E-state index in [9.17, 15) is 23.2 Å². The maximum atomic E-state index is 13.9. The normalized spacial score (nSPS) is 15.1. The third-order valence-corrected chi connectivity index (χ3v) is 6.98. The molecule has 0 atom stereocenters. The van der Waals surface area contributed by atoms with Gasteiger partial charge in [-0.1, -0.05) is 63.8 Å². The molecule has 1 heterocycles. The molecule has 0 aromatic heterocycles. The summed E-state index contributed by atoms with van der Waals surface area (Å²) in [5, 5.41) is 9.81. The number of Topliss-reactive ketones (excluding diaryl/α,β-unsaturated/α-hetero) is 1. The summed E-state index contributed by atoms with van der Waals surface area (Å²) < 4.78 is 53.3. The van der Waals surface area contributed by atoms with Crippen LogP contribution in [-0.2, 0) is 10.9 Å². The van der Waals surface area contributed by atoms with Crippen molar-refractivity contribution in [3.05, 3.63) is 100 Å². The van der Waals surface area contributed by atoms with Crippen LogP contribution in [0, 0.1) is 11.3 Å². The first kappa shape index (κ1) is 34.3. The van der Waals surface area contributed by atoms with Crippen LogP contribution in [0.2, 0.25) is 0 Å². The average Bonchev–Trinajstić information content (AvgIpc) is 3.00. The van der Waals surface area contributed by atoms with Crippen molar-refractivity contribution in [1.82, 2.24) is 0 Å². The molecule has 0 radical (unpaired) electrons. The van der Waals surface area contributed by atoms with Crippen molar-refractivity contribution in [1.29, 1.82) is 5.26 Å². The van der Waals surface area contributed by atoms with Crippen LogP contribution in [0.25, 0.3) is 11.1 Å². The SMILES string of the molecule is C=C\C=C(/C(C)=C(C)/C=C(\C)c1ccc(C(=O)CC)cc1C(F)(F)F)c1ccc(OC2CCOCC2)c(C#N)c1.CC. The van der Waals surface area contributed by atoms with E-state index in [0.717, 1.165) is 41.2 Å². The Bertz CT molecular complexity index is 1400. The molecule has 0 bridgehead atoms. The van der Waals surface area contributed by atoms with E-state index in [0.29, 0.717) is 30.1 Å². The van der Waals surface area contributed by atoms with E-state index in [1.807, 2.05) is 39.8 Å². The van der Waals surface area contributed by atoms with E-state index in [1.54, 1.807) is 38.1 Å². The monoisotopic (exact) mass is 579 g/mol. The Balaban J connectivity index is 0.00000301. The highest BCUT2D eigenvalue weighted by molar-refractivity contribution is 5.96. The molecular formula is C35H40F3NO3. The van der Waals surface area contributed by atoms with Crippen LogP contribution in [-0.4, -0.2) is 25.1 Å². The highest BCUT2D eigenvalue weighted by Crippen LogP contribution is 2.37. The highest BCUT2D eigenvalue weighted by Gasteiger charge is 2.34. The number of allylic oxidation sites excluding steroid dienone is 7. The lowest BCUT2D eigenvalue weighted by atomic mass is 9.91. The summed E-state index contributed by atoms with van der Waals surface area (Å²) in [6.07, 6.45) is 2.16. The Hall–Kier alpha value is -3.89. The van der Waals surface area contributed by atoms with E-state index < -0.39 is 11.7 Å². The van der Waals surface area contributed by atoms with Crippen LogP contribution >= 0.6 is 0 Å². The predicted molar refractivity (Wildman–Crippen MR) is 163 cm³/mol. The number of hydrogen-bond donors (Lipinski definition) is 0. The quantitative estimate of drug-likeness (QED) is 0.219. The van der Waals surface area contributed by atoms with Crippen LogP contribution in [0.15, 0.2) is 72.4 Å². The molecule has 1 fully saturated rings. The zero-order valence-corrected chi connectivity index (χ0v) is 25.3. The van der Waals surface area contributed by atoms with Crippen molar-refractivity contribution in [2.45, 2.75) is 73.1 Å². The fourth-order valence-electron chi connectivity index (χ4n) is 4.64. The molecule has 42 heavy (non-hydrogen) atoms. The second-order valence-corrected chi connectivity index (χ2v) is 9.74. The maximum Gasteiger partial charge on any atom is 0.417 e. The number of rotatable bonds is 9. The van der Waals surface area contributed by atoms with E-state index in [4.69, 9.17) is 9.47 Å². The molecule has 2 aromatic carbocycles. The smallest absolute Gasteiger partial charge is 0.417 e. The number of ketones is 1. The van der Waals surface area contributed by atoms with Gasteiger partial charge in [0.2, 0.25) is 0 Å². The molecule has 1 saturated heterocycles. The molecule has 2 aromatic rings. The summed E-state index contributed by atoms with van der Waals surface area (Å²) in [6, 6.07) is 11.3. The van der Waals surface area contributed by atoms with Crippen LogP contribution in [0.1, 0.15) is 93.4 Å². The predicted octanol–water partition coefficient (Wildman–Crippen LogP) is 9.76. The van der Waals surface area contributed by atoms with E-state index in [2.05, 4.69) is 12.6 Å². The number of benzene rings is 2. The maximum absolute atomic E-state index is 13.9. The van der Waals surface area contributed by atoms with Gasteiger partial charge in [0.25, 0.3) is 0 Å². The molecule has 0 unspecified atom stereocenters. The second kappa shape index (κ2) is 15.9. The Morgan fingerprint density at radius 3 is 2.31 bits per heavy atom. The minimum atomic E-state index is -4.61. The average molecular weight is 580 g/mol. The lowest BCUT2D eigenvalue weighted by Gasteiger charge is -2.24. The van der Waals surface area contributed by atoms with Crippen LogP contribution in [0.5, 0.6) is 5.75 Å². The third-order valence-electron chi connectivity index (χ3n) is 6.98. The van der Waals surface area contributed by atoms with Gasteiger partial charge in [0.1, 0.15) is 17.9 Å². The minimum Gasteiger partial charge on any atom is -0.489 e. The van der Waals surface area contributed by atoms with Crippen molar-refractivity contribution in [2.24, 2.45) is 0 Å². The van der Waals surface area contributed by atoms with E-state index >= 15 is 0 Å². The number of carbonyl (C=O) groups is 1. The van der Waals surface area contributed by atoms with Gasteiger partial charge in [-0.15, -0.1) is 0 Å². The first-order chi connectivity index (χ1) is 20.0. The third kappa shape index (κ3) is 8.80. The van der Waals surface area contributed by atoms with E-state index in [1.165, 1.54) is 12.1 Å². The van der Waals surface area contributed by atoms with Gasteiger partial charge in [-0.05, 0) is 72.4 Å². The molecule has 0 amide bonds. The molecule has 3 rings (SSSR count). The summed E-state index contributed by atoms with van der Waals surface area (Å²) in [4.78, 5) is 12.0. The number of hydrogen-bond acceptors (Lipinski definition) is 4. The van der Waals surface area contributed by atoms with Gasteiger partial charge < -0.3 is 9.47 Å². The minimum absolute atomic E-state index is 0.0115. The van der Waals surface area contributed by atoms with Crippen LogP contribution in [0.4, 0.5) is 13.2 Å². The number of halogens is 3. The van der Waals surface area contributed by atoms with Crippen LogP contribution < -0.4 is 4.74 Å².